The lowest BCUT2D eigenvalue weighted by molar-refractivity contribution is 0.276. The molecule has 0 radical (unpaired) electrons. The lowest BCUT2D eigenvalue weighted by atomic mass is 9.96. The highest BCUT2D eigenvalue weighted by atomic mass is 32.2. The Hall–Kier alpha value is -3.39. The number of aromatic nitrogens is 2. The van der Waals surface area contributed by atoms with Gasteiger partial charge in [0.1, 0.15) is 6.17 Å². The van der Waals surface area contributed by atoms with Crippen LogP contribution in [0.3, 0.4) is 0 Å². The minimum Gasteiger partial charge on any atom is -0.378 e. The van der Waals surface area contributed by atoms with Crippen LogP contribution in [0.15, 0.2) is 64.4 Å². The van der Waals surface area contributed by atoms with Gasteiger partial charge in [-0.25, -0.2) is 13.8 Å². The van der Waals surface area contributed by atoms with Gasteiger partial charge >= 0.3 is 0 Å². The third-order valence-electron chi connectivity index (χ3n) is 7.32. The van der Waals surface area contributed by atoms with Crippen LogP contribution < -0.4 is 15.8 Å². The Bertz CT molecular complexity index is 1550. The number of alkyl halides is 1. The lowest BCUT2D eigenvalue weighted by Gasteiger charge is -2.29. The van der Waals surface area contributed by atoms with Gasteiger partial charge in [-0.3, -0.25) is 4.79 Å². The van der Waals surface area contributed by atoms with E-state index >= 15 is 4.39 Å². The number of nitrogens with one attached hydrogen (secondary N) is 1. The number of aryl methyl sites for hydroxylation is 1. The van der Waals surface area contributed by atoms with E-state index in [1.54, 1.807) is 34.5 Å². The van der Waals surface area contributed by atoms with Crippen molar-refractivity contribution in [3.63, 3.8) is 0 Å². The van der Waals surface area contributed by atoms with Crippen LogP contribution in [-0.2, 0) is 7.05 Å². The second kappa shape index (κ2) is 10.8. The molecule has 1 N–H and O–H groups in total. The lowest BCUT2D eigenvalue weighted by Crippen LogP contribution is -2.35. The Kier molecular flexibility index (Phi) is 7.43. The second-order valence-corrected chi connectivity index (χ2v) is 10.8. The summed E-state index contributed by atoms with van der Waals surface area (Å²) in [5, 5.41) is 5.06. The topological polar surface area (TPSA) is 50.2 Å². The molecule has 1 aliphatic rings. The zero-order chi connectivity index (χ0) is 27.0. The summed E-state index contributed by atoms with van der Waals surface area (Å²) >= 11 is 1.68. The highest BCUT2D eigenvalue weighted by Gasteiger charge is 2.23. The number of piperidine rings is 1. The van der Waals surface area contributed by atoms with Gasteiger partial charge in [0.05, 0.1) is 5.69 Å². The third kappa shape index (κ3) is 5.01. The summed E-state index contributed by atoms with van der Waals surface area (Å²) < 4.78 is 30.4. The van der Waals surface area contributed by atoms with E-state index in [1.165, 1.54) is 6.07 Å². The van der Waals surface area contributed by atoms with E-state index in [9.17, 15) is 9.18 Å². The van der Waals surface area contributed by atoms with E-state index in [0.29, 0.717) is 42.6 Å². The number of hydrogen-bond donors (Lipinski definition) is 1. The fourth-order valence-electron chi connectivity index (χ4n) is 5.26. The van der Waals surface area contributed by atoms with Gasteiger partial charge < -0.3 is 14.8 Å². The zero-order valence-corrected chi connectivity index (χ0v) is 22.9. The number of benzene rings is 2. The molecule has 38 heavy (non-hydrogen) atoms. The molecule has 0 amide bonds. The first-order valence-corrected chi connectivity index (χ1v) is 14.1. The second-order valence-electron chi connectivity index (χ2n) is 9.97. The molecule has 0 saturated carbocycles. The molecule has 0 aliphatic carbocycles. The first-order valence-electron chi connectivity index (χ1n) is 12.9. The maximum absolute atomic E-state index is 15.2. The predicted molar refractivity (Wildman–Crippen MR) is 154 cm³/mol. The molecule has 3 heterocycles. The monoisotopic (exact) mass is 534 g/mol. The van der Waals surface area contributed by atoms with E-state index in [-0.39, 0.29) is 17.4 Å². The van der Waals surface area contributed by atoms with E-state index < -0.39 is 12.0 Å². The summed E-state index contributed by atoms with van der Waals surface area (Å²) in [6.07, 6.45) is 3.55. The van der Waals surface area contributed by atoms with Crippen LogP contribution in [0.4, 0.5) is 20.3 Å². The highest BCUT2D eigenvalue weighted by Crippen LogP contribution is 2.33. The van der Waals surface area contributed by atoms with Crippen molar-refractivity contribution in [2.75, 3.05) is 29.6 Å². The molecule has 5 nitrogen and oxygen atoms in total. The standard InChI is InChI=1S/C30H32F2N4OS/c1-18-13-22(19(2)34-26-7-5-6-8-28(26)38-4)23-16-27(35(3)30(37)24(23)14-18)20-15-25(32)29(33-17-20)36-11-9-21(31)10-12-36/h5-8,13-17,19,21,34H,9-12H2,1-4H3/t19-/m1/s1. The van der Waals surface area contributed by atoms with Crippen molar-refractivity contribution in [2.45, 2.75) is 43.8 Å². The fourth-order valence-corrected chi connectivity index (χ4v) is 5.82. The number of anilines is 2. The van der Waals surface area contributed by atoms with Crippen molar-refractivity contribution in [2.24, 2.45) is 7.05 Å². The Morgan fingerprint density at radius 2 is 1.84 bits per heavy atom. The number of pyridine rings is 2. The van der Waals surface area contributed by atoms with Gasteiger partial charge in [-0.05, 0) is 79.8 Å². The molecule has 4 aromatic rings. The van der Waals surface area contributed by atoms with Crippen molar-refractivity contribution in [3.05, 3.63) is 82.0 Å². The first-order chi connectivity index (χ1) is 18.3. The molecule has 2 aromatic heterocycles. The van der Waals surface area contributed by atoms with Gasteiger partial charge in [0.2, 0.25) is 0 Å². The fraction of sp³-hybridized carbons (Fsp3) is 0.333. The Morgan fingerprint density at radius 3 is 2.55 bits per heavy atom. The zero-order valence-electron chi connectivity index (χ0n) is 22.1. The first kappa shape index (κ1) is 26.2. The number of hydrogen-bond acceptors (Lipinski definition) is 5. The molecule has 1 saturated heterocycles. The molecule has 0 spiro atoms. The summed E-state index contributed by atoms with van der Waals surface area (Å²) in [7, 11) is 1.70. The van der Waals surface area contributed by atoms with E-state index in [2.05, 4.69) is 35.4 Å². The van der Waals surface area contributed by atoms with E-state index in [0.717, 1.165) is 27.1 Å². The number of halogens is 2. The molecular formula is C30H32F2N4OS. The third-order valence-corrected chi connectivity index (χ3v) is 8.12. The number of rotatable bonds is 6. The maximum Gasteiger partial charge on any atom is 0.258 e. The van der Waals surface area contributed by atoms with Crippen LogP contribution in [0.5, 0.6) is 0 Å². The van der Waals surface area contributed by atoms with Gasteiger partial charge in [0, 0.05) is 53.9 Å². The van der Waals surface area contributed by atoms with Crippen molar-refractivity contribution < 1.29 is 8.78 Å². The average molecular weight is 535 g/mol. The van der Waals surface area contributed by atoms with E-state index in [4.69, 9.17) is 0 Å². The van der Waals surface area contributed by atoms with Crippen LogP contribution in [-0.4, -0.2) is 35.1 Å². The molecular weight excluding hydrogens is 502 g/mol. The molecule has 0 bridgehead atoms. The minimum atomic E-state index is -0.843. The molecule has 1 aliphatic heterocycles. The Morgan fingerprint density at radius 1 is 1.11 bits per heavy atom. The molecule has 198 valence electrons. The SMILES string of the molecule is CSc1ccccc1N[C@H](C)c1cc(C)cc2c(=O)n(C)c(-c3cnc(N4CCC(F)CC4)c(F)c3)cc12. The number of fused-ring (bicyclic) bond motifs is 1. The summed E-state index contributed by atoms with van der Waals surface area (Å²) in [5.74, 6) is -0.242. The largest absolute Gasteiger partial charge is 0.378 e. The van der Waals surface area contributed by atoms with Crippen LogP contribution in [0, 0.1) is 12.7 Å². The van der Waals surface area contributed by atoms with Gasteiger partial charge in [-0.15, -0.1) is 11.8 Å². The highest BCUT2D eigenvalue weighted by molar-refractivity contribution is 7.98. The predicted octanol–water partition coefficient (Wildman–Crippen LogP) is 6.88. The van der Waals surface area contributed by atoms with E-state index in [1.807, 2.05) is 37.4 Å². The van der Waals surface area contributed by atoms with Crippen LogP contribution in [0.1, 0.15) is 36.9 Å². The normalized spacial score (nSPS) is 15.2. The van der Waals surface area contributed by atoms with Crippen LogP contribution >= 0.6 is 11.8 Å². The minimum absolute atomic E-state index is 0.0821. The summed E-state index contributed by atoms with van der Waals surface area (Å²) in [4.78, 5) is 20.8. The molecule has 8 heteroatoms. The Balaban J connectivity index is 1.57. The molecule has 0 unspecified atom stereocenters. The van der Waals surface area contributed by atoms with Crippen molar-refractivity contribution in [1.82, 2.24) is 9.55 Å². The quantitative estimate of drug-likeness (QED) is 0.273. The maximum atomic E-state index is 15.2. The van der Waals surface area contributed by atoms with Crippen molar-refractivity contribution in [1.29, 1.82) is 0 Å². The van der Waals surface area contributed by atoms with Crippen LogP contribution in [0.25, 0.3) is 22.0 Å². The average Bonchev–Trinajstić information content (AvgIpc) is 2.91. The summed E-state index contributed by atoms with van der Waals surface area (Å²) in [6, 6.07) is 15.4. The van der Waals surface area contributed by atoms with Gasteiger partial charge in [0.25, 0.3) is 5.56 Å². The van der Waals surface area contributed by atoms with Gasteiger partial charge in [-0.2, -0.15) is 0 Å². The molecule has 5 rings (SSSR count). The smallest absolute Gasteiger partial charge is 0.258 e. The number of nitrogens with zero attached hydrogens (tertiary/aromatic N) is 3. The molecule has 2 aromatic carbocycles. The summed E-state index contributed by atoms with van der Waals surface area (Å²) in [6.45, 7) is 4.94. The van der Waals surface area contributed by atoms with Crippen molar-refractivity contribution >= 4 is 34.0 Å². The Labute approximate surface area is 225 Å². The van der Waals surface area contributed by atoms with Gasteiger partial charge in [0.15, 0.2) is 11.6 Å². The number of para-hydroxylation sites is 1. The molecule has 1 fully saturated rings. The van der Waals surface area contributed by atoms with Crippen LogP contribution in [0.2, 0.25) is 0 Å². The van der Waals surface area contributed by atoms with Crippen molar-refractivity contribution in [3.8, 4) is 11.3 Å². The molecule has 1 atom stereocenters. The van der Waals surface area contributed by atoms with Gasteiger partial charge in [-0.1, -0.05) is 18.2 Å². The number of thioether (sulfide) groups is 1. The summed E-state index contributed by atoms with van der Waals surface area (Å²) in [5.41, 5.74) is 3.99.